The van der Waals surface area contributed by atoms with Crippen molar-refractivity contribution >= 4 is 5.78 Å². The third-order valence-electron chi connectivity index (χ3n) is 8.64. The third-order valence-corrected chi connectivity index (χ3v) is 8.64. The van der Waals surface area contributed by atoms with E-state index in [4.69, 9.17) is 0 Å². The molecule has 23 heavy (non-hydrogen) atoms. The predicted molar refractivity (Wildman–Crippen MR) is 91.9 cm³/mol. The number of carbonyl (C=O) groups excluding carboxylic acids is 1. The fourth-order valence-corrected chi connectivity index (χ4v) is 7.30. The zero-order valence-corrected chi connectivity index (χ0v) is 14.8. The summed E-state index contributed by atoms with van der Waals surface area (Å²) < 4.78 is 0. The first kappa shape index (κ1) is 15.9. The first-order valence-electron chi connectivity index (χ1n) is 9.84. The van der Waals surface area contributed by atoms with Crippen LogP contribution in [0.1, 0.15) is 71.6 Å². The highest BCUT2D eigenvalue weighted by molar-refractivity contribution is 5.91. The normalized spacial score (nSPS) is 49.2. The highest BCUT2D eigenvalue weighted by Crippen LogP contribution is 2.66. The number of aliphatic hydroxyl groups excluding tert-OH is 1. The first-order chi connectivity index (χ1) is 11.0. The number of fused-ring (bicyclic) bond motifs is 5. The molecule has 0 amide bonds. The maximum Gasteiger partial charge on any atom is 0.155 e. The van der Waals surface area contributed by atoms with E-state index in [-0.39, 0.29) is 0 Å². The lowest BCUT2D eigenvalue weighted by atomic mass is 9.47. The van der Waals surface area contributed by atoms with Crippen LogP contribution in [0.15, 0.2) is 11.6 Å². The van der Waals surface area contributed by atoms with Crippen LogP contribution in [0.4, 0.5) is 0 Å². The molecule has 0 saturated heterocycles. The van der Waals surface area contributed by atoms with Gasteiger partial charge in [0.1, 0.15) is 0 Å². The van der Waals surface area contributed by atoms with Gasteiger partial charge in [-0.2, -0.15) is 0 Å². The van der Waals surface area contributed by atoms with Gasteiger partial charge in [0.2, 0.25) is 0 Å². The Labute approximate surface area is 140 Å². The number of ketones is 1. The maximum atomic E-state index is 11.9. The lowest BCUT2D eigenvalue weighted by molar-refractivity contribution is -0.117. The second kappa shape index (κ2) is 5.44. The van der Waals surface area contributed by atoms with Crippen molar-refractivity contribution in [2.45, 2.75) is 71.6 Å². The molecule has 0 aromatic carbocycles. The number of aliphatic hydroxyl groups is 1. The topological polar surface area (TPSA) is 37.3 Å². The lowest BCUT2D eigenvalue weighted by Crippen LogP contribution is -2.50. The van der Waals surface area contributed by atoms with Crippen molar-refractivity contribution in [3.05, 3.63) is 11.6 Å². The average Bonchev–Trinajstić information content (AvgIpc) is 2.85. The average molecular weight is 316 g/mol. The van der Waals surface area contributed by atoms with E-state index in [2.05, 4.69) is 13.8 Å². The van der Waals surface area contributed by atoms with E-state index in [9.17, 15) is 9.90 Å². The van der Waals surface area contributed by atoms with Gasteiger partial charge in [-0.05, 0) is 91.9 Å². The zero-order chi connectivity index (χ0) is 16.2. The second-order valence-corrected chi connectivity index (χ2v) is 9.30. The van der Waals surface area contributed by atoms with Crippen LogP contribution >= 0.6 is 0 Å². The van der Waals surface area contributed by atoms with Crippen molar-refractivity contribution in [3.63, 3.8) is 0 Å². The van der Waals surface area contributed by atoms with E-state index < -0.39 is 0 Å². The summed E-state index contributed by atoms with van der Waals surface area (Å²) in [6.07, 6.45) is 12.7. The number of allylic oxidation sites excluding steroid dienone is 1. The van der Waals surface area contributed by atoms with E-state index in [1.54, 1.807) is 0 Å². The van der Waals surface area contributed by atoms with Crippen molar-refractivity contribution in [1.29, 1.82) is 0 Å². The molecule has 3 fully saturated rings. The van der Waals surface area contributed by atoms with Crippen LogP contribution in [-0.4, -0.2) is 17.5 Å². The molecule has 1 N–H and O–H groups in total. The van der Waals surface area contributed by atoms with Gasteiger partial charge >= 0.3 is 0 Å². The molecular formula is C21H32O2. The molecule has 0 aromatic rings. The van der Waals surface area contributed by atoms with Gasteiger partial charge in [-0.25, -0.2) is 0 Å². The Kier molecular flexibility index (Phi) is 3.75. The molecule has 4 aliphatic rings. The van der Waals surface area contributed by atoms with Crippen molar-refractivity contribution in [3.8, 4) is 0 Å². The van der Waals surface area contributed by atoms with Crippen molar-refractivity contribution in [1.82, 2.24) is 0 Å². The summed E-state index contributed by atoms with van der Waals surface area (Å²) in [7, 11) is 0. The molecule has 4 aliphatic carbocycles. The smallest absolute Gasteiger partial charge is 0.155 e. The van der Waals surface area contributed by atoms with Gasteiger partial charge in [-0.1, -0.05) is 19.4 Å². The summed E-state index contributed by atoms with van der Waals surface area (Å²) >= 11 is 0. The quantitative estimate of drug-likeness (QED) is 0.813. The van der Waals surface area contributed by atoms with Crippen LogP contribution in [0.3, 0.4) is 0 Å². The van der Waals surface area contributed by atoms with Crippen LogP contribution in [0.25, 0.3) is 0 Å². The Morgan fingerprint density at radius 3 is 2.70 bits per heavy atom. The Morgan fingerprint density at radius 1 is 1.09 bits per heavy atom. The zero-order valence-electron chi connectivity index (χ0n) is 14.8. The third kappa shape index (κ3) is 2.20. The summed E-state index contributed by atoms with van der Waals surface area (Å²) in [5, 5.41) is 9.44. The summed E-state index contributed by atoms with van der Waals surface area (Å²) in [6.45, 7) is 5.35. The summed E-state index contributed by atoms with van der Waals surface area (Å²) in [6, 6.07) is 0. The number of hydrogen-bond acceptors (Lipinski definition) is 2. The van der Waals surface area contributed by atoms with Gasteiger partial charge in [-0.3, -0.25) is 4.79 Å². The molecule has 0 radical (unpaired) electrons. The van der Waals surface area contributed by atoms with E-state index in [0.29, 0.717) is 23.2 Å². The largest absolute Gasteiger partial charge is 0.396 e. The molecule has 3 saturated carbocycles. The molecule has 0 aliphatic heterocycles. The molecule has 3 unspecified atom stereocenters. The number of hydrogen-bond donors (Lipinski definition) is 1. The minimum absolute atomic E-state index is 0.299. The summed E-state index contributed by atoms with van der Waals surface area (Å²) in [4.78, 5) is 11.9. The monoisotopic (exact) mass is 316 g/mol. The summed E-state index contributed by atoms with van der Waals surface area (Å²) in [5.41, 5.74) is 2.24. The molecule has 2 heteroatoms. The Morgan fingerprint density at radius 2 is 1.91 bits per heavy atom. The number of carbonyl (C=O) groups is 1. The van der Waals surface area contributed by atoms with E-state index in [1.165, 1.54) is 37.7 Å². The lowest BCUT2D eigenvalue weighted by Gasteiger charge is -2.58. The standard InChI is InChI=1S/C21H32O2/c1-20-11-8-19-17(18(20)6-4-14(20)9-12-22)5-3-15-13-16(23)7-10-21(15,19)2/h13-14,17-19,22H,3-12H2,1-2H3/t14?,17-,18?,19?,20+,21-/m0/s1. The van der Waals surface area contributed by atoms with Crippen LogP contribution in [0, 0.1) is 34.5 Å². The predicted octanol–water partition coefficient (Wildman–Crippen LogP) is 4.52. The summed E-state index contributed by atoms with van der Waals surface area (Å²) in [5.74, 6) is 3.60. The van der Waals surface area contributed by atoms with E-state index >= 15 is 0 Å². The van der Waals surface area contributed by atoms with Gasteiger partial charge < -0.3 is 5.11 Å². The van der Waals surface area contributed by atoms with Crippen molar-refractivity contribution in [2.24, 2.45) is 34.5 Å². The Balaban J connectivity index is 1.63. The fourth-order valence-electron chi connectivity index (χ4n) is 7.30. The highest BCUT2D eigenvalue weighted by Gasteiger charge is 2.58. The van der Waals surface area contributed by atoms with Crippen molar-refractivity contribution < 1.29 is 9.90 Å². The van der Waals surface area contributed by atoms with E-state index in [0.717, 1.165) is 49.4 Å². The molecule has 2 nitrogen and oxygen atoms in total. The Hall–Kier alpha value is -0.630. The minimum atomic E-state index is 0.299. The fraction of sp³-hybridized carbons (Fsp3) is 0.857. The molecule has 0 spiro atoms. The van der Waals surface area contributed by atoms with Gasteiger partial charge in [0.05, 0.1) is 0 Å². The van der Waals surface area contributed by atoms with E-state index in [1.807, 2.05) is 6.08 Å². The van der Waals surface area contributed by atoms with Crippen LogP contribution < -0.4 is 0 Å². The SMILES string of the molecule is C[C@]12CCC3[C@@H](CCC4=CC(=O)CC[C@@]43C)C1CCC2CCO. The molecule has 0 heterocycles. The molecular weight excluding hydrogens is 284 g/mol. The van der Waals surface area contributed by atoms with Gasteiger partial charge in [-0.15, -0.1) is 0 Å². The highest BCUT2D eigenvalue weighted by atomic mass is 16.3. The molecule has 0 aromatic heterocycles. The second-order valence-electron chi connectivity index (χ2n) is 9.30. The minimum Gasteiger partial charge on any atom is -0.396 e. The Bertz CT molecular complexity index is 536. The number of rotatable bonds is 2. The van der Waals surface area contributed by atoms with Crippen LogP contribution in [0.5, 0.6) is 0 Å². The van der Waals surface area contributed by atoms with Gasteiger partial charge in [0.25, 0.3) is 0 Å². The molecule has 6 atom stereocenters. The molecule has 4 rings (SSSR count). The first-order valence-corrected chi connectivity index (χ1v) is 9.84. The van der Waals surface area contributed by atoms with Gasteiger partial charge in [0.15, 0.2) is 5.78 Å². The van der Waals surface area contributed by atoms with Crippen LogP contribution in [-0.2, 0) is 4.79 Å². The van der Waals surface area contributed by atoms with Crippen LogP contribution in [0.2, 0.25) is 0 Å². The maximum absolute atomic E-state index is 11.9. The molecule has 128 valence electrons. The van der Waals surface area contributed by atoms with Crippen molar-refractivity contribution in [2.75, 3.05) is 6.61 Å². The van der Waals surface area contributed by atoms with Gasteiger partial charge in [0, 0.05) is 13.0 Å². The molecule has 0 bridgehead atoms.